The van der Waals surface area contributed by atoms with E-state index < -0.39 is 0 Å². The van der Waals surface area contributed by atoms with Crippen molar-refractivity contribution in [2.24, 2.45) is 0 Å². The van der Waals surface area contributed by atoms with Crippen molar-refractivity contribution in [3.05, 3.63) is 90.1 Å². The number of H-pyrrole nitrogens is 1. The Morgan fingerprint density at radius 3 is 2.64 bits per heavy atom. The zero-order chi connectivity index (χ0) is 22.6. The third kappa shape index (κ3) is 4.30. The largest absolute Gasteiger partial charge is 0.378 e. The topological polar surface area (TPSA) is 79.4 Å². The van der Waals surface area contributed by atoms with Gasteiger partial charge in [-0.25, -0.2) is 4.98 Å². The molecule has 0 aliphatic carbocycles. The molecule has 2 N–H and O–H groups in total. The summed E-state index contributed by atoms with van der Waals surface area (Å²) >= 11 is 0. The van der Waals surface area contributed by atoms with E-state index in [0.717, 1.165) is 62.9 Å². The van der Waals surface area contributed by atoms with E-state index >= 15 is 0 Å². The zero-order valence-electron chi connectivity index (χ0n) is 18.2. The first-order chi connectivity index (χ1) is 16.2. The number of nitrogens with zero attached hydrogens (tertiary/aromatic N) is 4. The lowest BCUT2D eigenvalue weighted by molar-refractivity contribution is 0.997. The van der Waals surface area contributed by atoms with Crippen molar-refractivity contribution >= 4 is 16.7 Å². The van der Waals surface area contributed by atoms with Crippen LogP contribution < -0.4 is 5.32 Å². The molecule has 0 spiro atoms. The summed E-state index contributed by atoms with van der Waals surface area (Å²) < 4.78 is 0. The lowest BCUT2D eigenvalue weighted by Crippen LogP contribution is -2.01. The van der Waals surface area contributed by atoms with E-state index in [2.05, 4.69) is 33.1 Å². The average Bonchev–Trinajstić information content (AvgIpc) is 3.32. The fraction of sp³-hybridized carbons (Fsp3) is 0.111. The number of benzene rings is 2. The number of aryl methyl sites for hydroxylation is 1. The Labute approximate surface area is 192 Å². The van der Waals surface area contributed by atoms with E-state index in [0.29, 0.717) is 6.54 Å². The van der Waals surface area contributed by atoms with Gasteiger partial charge in [0.15, 0.2) is 0 Å². The molecular weight excluding hydrogens is 408 g/mol. The van der Waals surface area contributed by atoms with Gasteiger partial charge in [-0.3, -0.25) is 15.0 Å². The fourth-order valence-corrected chi connectivity index (χ4v) is 3.73. The van der Waals surface area contributed by atoms with E-state index in [-0.39, 0.29) is 0 Å². The lowest BCUT2D eigenvalue weighted by Gasteiger charge is -2.05. The molecule has 5 rings (SSSR count). The van der Waals surface area contributed by atoms with E-state index in [1.165, 1.54) is 0 Å². The van der Waals surface area contributed by atoms with Crippen LogP contribution in [0.25, 0.3) is 33.7 Å². The molecule has 3 heterocycles. The van der Waals surface area contributed by atoms with E-state index in [1.807, 2.05) is 60.7 Å². The number of hydrogen-bond acceptors (Lipinski definition) is 5. The highest BCUT2D eigenvalue weighted by Crippen LogP contribution is 2.31. The summed E-state index contributed by atoms with van der Waals surface area (Å²) in [6.45, 7) is 2.61. The Balaban J connectivity index is 1.55. The van der Waals surface area contributed by atoms with Gasteiger partial charge in [-0.1, -0.05) is 31.0 Å². The van der Waals surface area contributed by atoms with Crippen molar-refractivity contribution in [1.82, 2.24) is 24.9 Å². The number of aromatic nitrogens is 5. The molecule has 0 unspecified atom stereocenters. The maximum absolute atomic E-state index is 5.53. The number of fused-ring (bicyclic) bond motifs is 1. The summed E-state index contributed by atoms with van der Waals surface area (Å²) in [4.78, 5) is 22.1. The number of pyridine rings is 1. The number of aromatic amines is 1. The summed E-state index contributed by atoms with van der Waals surface area (Å²) in [5.41, 5.74) is 8.00. The van der Waals surface area contributed by atoms with Gasteiger partial charge in [-0.05, 0) is 48.9 Å². The van der Waals surface area contributed by atoms with E-state index in [4.69, 9.17) is 16.4 Å². The first-order valence-corrected chi connectivity index (χ1v) is 10.8. The first-order valence-electron chi connectivity index (χ1n) is 10.8. The minimum Gasteiger partial charge on any atom is -0.378 e. The molecular formula is C27H22N6. The molecule has 0 saturated carbocycles. The summed E-state index contributed by atoms with van der Waals surface area (Å²) in [6.07, 6.45) is 9.79. The lowest BCUT2D eigenvalue weighted by atomic mass is 10.1. The molecule has 0 aliphatic rings. The Hall–Kier alpha value is -4.50. The summed E-state index contributed by atoms with van der Waals surface area (Å²) in [7, 11) is 0. The van der Waals surface area contributed by atoms with Gasteiger partial charge in [0, 0.05) is 34.9 Å². The van der Waals surface area contributed by atoms with Crippen LogP contribution in [0.15, 0.2) is 73.1 Å². The summed E-state index contributed by atoms with van der Waals surface area (Å²) in [5, 5.41) is 3.40. The van der Waals surface area contributed by atoms with Crippen LogP contribution in [0, 0.1) is 12.3 Å². The number of rotatable bonds is 6. The molecule has 3 aromatic heterocycles. The molecule has 0 radical (unpaired) electrons. The highest BCUT2D eigenvalue weighted by Gasteiger charge is 2.16. The van der Waals surface area contributed by atoms with Gasteiger partial charge in [0.2, 0.25) is 0 Å². The van der Waals surface area contributed by atoms with E-state index in [9.17, 15) is 0 Å². The number of nitrogens with one attached hydrogen (secondary N) is 2. The van der Waals surface area contributed by atoms with Crippen LogP contribution in [0.2, 0.25) is 0 Å². The SMILES string of the molecule is C#Cc1cccc(NCc2nc(-c3ccc4nccnc4c3)c(-c3cccc(CC)n3)[nH]2)c1. The maximum Gasteiger partial charge on any atom is 0.126 e. The van der Waals surface area contributed by atoms with Crippen molar-refractivity contribution < 1.29 is 0 Å². The Bertz CT molecular complexity index is 1480. The van der Waals surface area contributed by atoms with E-state index in [1.54, 1.807) is 12.4 Å². The van der Waals surface area contributed by atoms with Gasteiger partial charge in [0.25, 0.3) is 0 Å². The molecule has 0 bridgehead atoms. The van der Waals surface area contributed by atoms with Crippen LogP contribution in [0.5, 0.6) is 0 Å². The van der Waals surface area contributed by atoms with Crippen molar-refractivity contribution in [1.29, 1.82) is 0 Å². The van der Waals surface area contributed by atoms with Gasteiger partial charge in [0.1, 0.15) is 5.82 Å². The molecule has 2 aromatic carbocycles. The molecule has 0 fully saturated rings. The monoisotopic (exact) mass is 430 g/mol. The van der Waals surface area contributed by atoms with Crippen LogP contribution in [0.4, 0.5) is 5.69 Å². The Morgan fingerprint density at radius 2 is 1.79 bits per heavy atom. The zero-order valence-corrected chi connectivity index (χ0v) is 18.2. The van der Waals surface area contributed by atoms with Crippen LogP contribution in [-0.4, -0.2) is 24.9 Å². The normalized spacial score (nSPS) is 10.8. The molecule has 0 atom stereocenters. The number of terminal acetylenes is 1. The fourth-order valence-electron chi connectivity index (χ4n) is 3.73. The predicted octanol–water partition coefficient (Wildman–Crippen LogP) is 5.24. The standard InChI is InChI=1S/C27H22N6/c1-3-18-7-5-9-21(15-18)30-17-25-32-26(19-11-12-22-24(16-19)29-14-13-28-22)27(33-25)23-10-6-8-20(4-2)31-23/h1,5-16,30H,4,17H2,2H3,(H,32,33). The smallest absolute Gasteiger partial charge is 0.126 e. The molecule has 5 aromatic rings. The third-order valence-corrected chi connectivity index (χ3v) is 5.41. The first kappa shape index (κ1) is 20.4. The minimum atomic E-state index is 0.516. The van der Waals surface area contributed by atoms with Gasteiger partial charge in [-0.2, -0.15) is 0 Å². The van der Waals surface area contributed by atoms with Crippen LogP contribution in [0.3, 0.4) is 0 Å². The molecule has 0 amide bonds. The highest BCUT2D eigenvalue weighted by atomic mass is 15.0. The maximum atomic E-state index is 5.53. The predicted molar refractivity (Wildman–Crippen MR) is 131 cm³/mol. The Kier molecular flexibility index (Phi) is 5.52. The second kappa shape index (κ2) is 8.93. The van der Waals surface area contributed by atoms with Crippen LogP contribution in [0.1, 0.15) is 24.0 Å². The van der Waals surface area contributed by atoms with Gasteiger partial charge < -0.3 is 10.3 Å². The minimum absolute atomic E-state index is 0.516. The highest BCUT2D eigenvalue weighted by molar-refractivity contribution is 5.84. The second-order valence-electron chi connectivity index (χ2n) is 7.61. The van der Waals surface area contributed by atoms with Crippen molar-refractivity contribution in [3.63, 3.8) is 0 Å². The summed E-state index contributed by atoms with van der Waals surface area (Å²) in [6, 6.07) is 19.8. The quantitative estimate of drug-likeness (QED) is 0.360. The molecule has 0 aliphatic heterocycles. The number of imidazole rings is 1. The molecule has 6 heteroatoms. The molecule has 0 saturated heterocycles. The van der Waals surface area contributed by atoms with Gasteiger partial charge in [0.05, 0.1) is 34.7 Å². The molecule has 160 valence electrons. The van der Waals surface area contributed by atoms with Gasteiger partial charge >= 0.3 is 0 Å². The third-order valence-electron chi connectivity index (χ3n) is 5.41. The summed E-state index contributed by atoms with van der Waals surface area (Å²) in [5.74, 6) is 3.46. The van der Waals surface area contributed by atoms with Crippen molar-refractivity contribution in [3.8, 4) is 35.0 Å². The van der Waals surface area contributed by atoms with Crippen LogP contribution >= 0.6 is 0 Å². The second-order valence-corrected chi connectivity index (χ2v) is 7.61. The Morgan fingerprint density at radius 1 is 0.939 bits per heavy atom. The average molecular weight is 431 g/mol. The number of anilines is 1. The van der Waals surface area contributed by atoms with Crippen LogP contribution in [-0.2, 0) is 13.0 Å². The van der Waals surface area contributed by atoms with Gasteiger partial charge in [-0.15, -0.1) is 6.42 Å². The van der Waals surface area contributed by atoms with Crippen molar-refractivity contribution in [2.45, 2.75) is 19.9 Å². The molecule has 33 heavy (non-hydrogen) atoms. The number of hydrogen-bond donors (Lipinski definition) is 2. The molecule has 6 nitrogen and oxygen atoms in total. The van der Waals surface area contributed by atoms with Crippen molar-refractivity contribution in [2.75, 3.05) is 5.32 Å².